The first-order valence-corrected chi connectivity index (χ1v) is 7.72. The zero-order valence-electron chi connectivity index (χ0n) is 13.6. The van der Waals surface area contributed by atoms with Crippen LogP contribution >= 0.6 is 0 Å². The highest BCUT2D eigenvalue weighted by Crippen LogP contribution is 2.39. The van der Waals surface area contributed by atoms with Crippen LogP contribution in [0.2, 0.25) is 0 Å². The Morgan fingerprint density at radius 1 is 1.17 bits per heavy atom. The first-order chi connectivity index (χ1) is 11.0. The molecule has 3 rings (SSSR count). The van der Waals surface area contributed by atoms with Crippen LogP contribution in [0.1, 0.15) is 42.2 Å². The summed E-state index contributed by atoms with van der Waals surface area (Å²) in [6.45, 7) is 4.07. The molecule has 23 heavy (non-hydrogen) atoms. The molecule has 2 aromatic carbocycles. The standard InChI is InChI=1S/C19H21NO3/c1-19(2)12-15(13-8-4-7-11-17(13)23-19)20-18(21)14-9-5-6-10-16(14)22-3/h4-11,15H,12H2,1-3H3,(H,20,21)/t15-/m0/s1. The van der Waals surface area contributed by atoms with Gasteiger partial charge >= 0.3 is 0 Å². The largest absolute Gasteiger partial charge is 0.496 e. The Morgan fingerprint density at radius 3 is 2.65 bits per heavy atom. The number of hydrogen-bond donors (Lipinski definition) is 1. The van der Waals surface area contributed by atoms with Crippen LogP contribution in [0.15, 0.2) is 48.5 Å². The maximum absolute atomic E-state index is 12.7. The van der Waals surface area contributed by atoms with E-state index in [2.05, 4.69) is 5.32 Å². The number of para-hydroxylation sites is 2. The molecule has 1 aliphatic heterocycles. The molecule has 0 aliphatic carbocycles. The van der Waals surface area contributed by atoms with E-state index in [-0.39, 0.29) is 17.6 Å². The summed E-state index contributed by atoms with van der Waals surface area (Å²) in [5.41, 5.74) is 1.22. The second-order valence-electron chi connectivity index (χ2n) is 6.33. The van der Waals surface area contributed by atoms with E-state index in [4.69, 9.17) is 9.47 Å². The SMILES string of the molecule is COc1ccccc1C(=O)N[C@H]1CC(C)(C)Oc2ccccc21. The van der Waals surface area contributed by atoms with Crippen molar-refractivity contribution in [2.24, 2.45) is 0 Å². The van der Waals surface area contributed by atoms with Gasteiger partial charge in [0.2, 0.25) is 0 Å². The number of nitrogens with one attached hydrogen (secondary N) is 1. The lowest BCUT2D eigenvalue weighted by atomic mass is 9.89. The molecule has 2 aromatic rings. The zero-order valence-corrected chi connectivity index (χ0v) is 13.6. The second-order valence-corrected chi connectivity index (χ2v) is 6.33. The fraction of sp³-hybridized carbons (Fsp3) is 0.316. The predicted molar refractivity (Wildman–Crippen MR) is 89.0 cm³/mol. The molecule has 0 bridgehead atoms. The number of carbonyl (C=O) groups is 1. The maximum atomic E-state index is 12.7. The molecule has 0 saturated heterocycles. The molecular formula is C19H21NO3. The highest BCUT2D eigenvalue weighted by atomic mass is 16.5. The van der Waals surface area contributed by atoms with Crippen molar-refractivity contribution in [2.45, 2.75) is 31.9 Å². The second kappa shape index (κ2) is 5.95. The molecule has 0 saturated carbocycles. The van der Waals surface area contributed by atoms with Crippen molar-refractivity contribution in [1.29, 1.82) is 0 Å². The maximum Gasteiger partial charge on any atom is 0.255 e. The minimum Gasteiger partial charge on any atom is -0.496 e. The van der Waals surface area contributed by atoms with Crippen LogP contribution in [-0.2, 0) is 0 Å². The van der Waals surface area contributed by atoms with Crippen LogP contribution in [0.25, 0.3) is 0 Å². The Balaban J connectivity index is 1.89. The zero-order chi connectivity index (χ0) is 16.4. The number of hydrogen-bond acceptors (Lipinski definition) is 3. The smallest absolute Gasteiger partial charge is 0.255 e. The van der Waals surface area contributed by atoms with Gasteiger partial charge in [-0.2, -0.15) is 0 Å². The van der Waals surface area contributed by atoms with Crippen molar-refractivity contribution in [3.05, 3.63) is 59.7 Å². The summed E-state index contributed by atoms with van der Waals surface area (Å²) in [5.74, 6) is 1.26. The minimum absolute atomic E-state index is 0.0904. The molecule has 4 heteroatoms. The van der Waals surface area contributed by atoms with Crippen LogP contribution in [-0.4, -0.2) is 18.6 Å². The average molecular weight is 311 g/mol. The Kier molecular flexibility index (Phi) is 3.99. The van der Waals surface area contributed by atoms with Crippen molar-refractivity contribution >= 4 is 5.91 Å². The van der Waals surface area contributed by atoms with E-state index in [1.54, 1.807) is 19.2 Å². The van der Waals surface area contributed by atoms with Gasteiger partial charge in [-0.3, -0.25) is 4.79 Å². The molecule has 1 heterocycles. The molecule has 1 atom stereocenters. The summed E-state index contributed by atoms with van der Waals surface area (Å²) < 4.78 is 11.3. The summed E-state index contributed by atoms with van der Waals surface area (Å²) in [6, 6.07) is 15.0. The van der Waals surface area contributed by atoms with E-state index in [9.17, 15) is 4.79 Å². The molecule has 1 amide bonds. The van der Waals surface area contributed by atoms with Crippen LogP contribution in [0.4, 0.5) is 0 Å². The Hall–Kier alpha value is -2.49. The van der Waals surface area contributed by atoms with Crippen molar-refractivity contribution in [3.63, 3.8) is 0 Å². The lowest BCUT2D eigenvalue weighted by molar-refractivity contribution is 0.0619. The fourth-order valence-electron chi connectivity index (χ4n) is 3.00. The number of amides is 1. The summed E-state index contributed by atoms with van der Waals surface area (Å²) >= 11 is 0. The quantitative estimate of drug-likeness (QED) is 0.939. The van der Waals surface area contributed by atoms with E-state index >= 15 is 0 Å². The van der Waals surface area contributed by atoms with E-state index in [1.807, 2.05) is 50.2 Å². The van der Waals surface area contributed by atoms with Crippen molar-refractivity contribution < 1.29 is 14.3 Å². The summed E-state index contributed by atoms with van der Waals surface area (Å²) in [7, 11) is 1.57. The highest BCUT2D eigenvalue weighted by Gasteiger charge is 2.34. The summed E-state index contributed by atoms with van der Waals surface area (Å²) in [4.78, 5) is 12.7. The molecule has 0 unspecified atom stereocenters. The van der Waals surface area contributed by atoms with E-state index in [1.165, 1.54) is 0 Å². The molecule has 0 radical (unpaired) electrons. The van der Waals surface area contributed by atoms with Crippen LogP contribution < -0.4 is 14.8 Å². The van der Waals surface area contributed by atoms with Crippen molar-refractivity contribution in [1.82, 2.24) is 5.32 Å². The Morgan fingerprint density at radius 2 is 1.87 bits per heavy atom. The molecule has 0 spiro atoms. The predicted octanol–water partition coefficient (Wildman–Crippen LogP) is 3.73. The molecule has 4 nitrogen and oxygen atoms in total. The first kappa shape index (κ1) is 15.4. The van der Waals surface area contributed by atoms with E-state index in [0.29, 0.717) is 17.7 Å². The molecular weight excluding hydrogens is 290 g/mol. The first-order valence-electron chi connectivity index (χ1n) is 7.72. The average Bonchev–Trinajstić information content (AvgIpc) is 2.53. The van der Waals surface area contributed by atoms with E-state index < -0.39 is 0 Å². The molecule has 0 aromatic heterocycles. The number of rotatable bonds is 3. The topological polar surface area (TPSA) is 47.6 Å². The van der Waals surface area contributed by atoms with Gasteiger partial charge in [-0.25, -0.2) is 0 Å². The number of benzene rings is 2. The molecule has 120 valence electrons. The summed E-state index contributed by atoms with van der Waals surface area (Å²) in [6.07, 6.45) is 0.713. The third-order valence-corrected chi connectivity index (χ3v) is 4.03. The lowest BCUT2D eigenvalue weighted by Crippen LogP contribution is -2.41. The van der Waals surface area contributed by atoms with Gasteiger partial charge in [0.25, 0.3) is 5.91 Å². The van der Waals surface area contributed by atoms with Gasteiger partial charge in [0, 0.05) is 12.0 Å². The Labute approximate surface area is 136 Å². The van der Waals surface area contributed by atoms with Crippen molar-refractivity contribution in [3.8, 4) is 11.5 Å². The van der Waals surface area contributed by atoms with Crippen molar-refractivity contribution in [2.75, 3.05) is 7.11 Å². The number of ether oxygens (including phenoxy) is 2. The van der Waals surface area contributed by atoms with Gasteiger partial charge in [-0.1, -0.05) is 30.3 Å². The third kappa shape index (κ3) is 3.16. The third-order valence-electron chi connectivity index (χ3n) is 4.03. The normalized spacial score (nSPS) is 18.5. The number of carbonyl (C=O) groups excluding carboxylic acids is 1. The van der Waals surface area contributed by atoms with Crippen LogP contribution in [0.5, 0.6) is 11.5 Å². The highest BCUT2D eigenvalue weighted by molar-refractivity contribution is 5.97. The van der Waals surface area contributed by atoms with Crippen LogP contribution in [0.3, 0.4) is 0 Å². The molecule has 0 fully saturated rings. The van der Waals surface area contributed by atoms with Gasteiger partial charge < -0.3 is 14.8 Å². The van der Waals surface area contributed by atoms with Gasteiger partial charge in [0.05, 0.1) is 18.7 Å². The summed E-state index contributed by atoms with van der Waals surface area (Å²) in [5, 5.41) is 3.12. The number of methoxy groups -OCH3 is 1. The van der Waals surface area contributed by atoms with Gasteiger partial charge in [-0.15, -0.1) is 0 Å². The lowest BCUT2D eigenvalue weighted by Gasteiger charge is -2.37. The van der Waals surface area contributed by atoms with Gasteiger partial charge in [0.1, 0.15) is 17.1 Å². The molecule has 1 N–H and O–H groups in total. The molecule has 1 aliphatic rings. The van der Waals surface area contributed by atoms with Gasteiger partial charge in [-0.05, 0) is 32.0 Å². The Bertz CT molecular complexity index is 724. The fourth-order valence-corrected chi connectivity index (χ4v) is 3.00. The minimum atomic E-state index is -0.326. The monoisotopic (exact) mass is 311 g/mol. The van der Waals surface area contributed by atoms with Gasteiger partial charge in [0.15, 0.2) is 0 Å². The number of fused-ring (bicyclic) bond motifs is 1. The van der Waals surface area contributed by atoms with E-state index in [0.717, 1.165) is 11.3 Å². The van der Waals surface area contributed by atoms with Crippen LogP contribution in [0, 0.1) is 0 Å².